The zero-order chi connectivity index (χ0) is 16.5. The summed E-state index contributed by atoms with van der Waals surface area (Å²) in [7, 11) is 3.53. The number of aliphatic imine (C=N–C) groups is 1. The van der Waals surface area contributed by atoms with E-state index in [2.05, 4.69) is 20.6 Å². The number of guanidine groups is 1. The van der Waals surface area contributed by atoms with Crippen LogP contribution in [0.4, 0.5) is 0 Å². The van der Waals surface area contributed by atoms with Crippen molar-refractivity contribution in [1.82, 2.24) is 15.6 Å². The average molecular weight is 469 g/mol. The molecule has 1 aromatic rings. The van der Waals surface area contributed by atoms with Crippen LogP contribution in [0.2, 0.25) is 5.15 Å². The molecule has 2 rings (SSSR count). The van der Waals surface area contributed by atoms with Gasteiger partial charge in [0.2, 0.25) is 0 Å². The van der Waals surface area contributed by atoms with Crippen LogP contribution in [0, 0.1) is 0 Å². The number of nitrogens with zero attached hydrogens (tertiary/aromatic N) is 2. The predicted molar refractivity (Wildman–Crippen MR) is 108 cm³/mol. The number of hydrogen-bond donors (Lipinski definition) is 2. The van der Waals surface area contributed by atoms with Gasteiger partial charge in [-0.15, -0.1) is 24.0 Å². The molecule has 0 radical (unpaired) electrons. The molecule has 0 aliphatic carbocycles. The first-order valence-corrected chi connectivity index (χ1v) is 8.23. The van der Waals surface area contributed by atoms with E-state index in [1.54, 1.807) is 26.4 Å². The van der Waals surface area contributed by atoms with E-state index in [9.17, 15) is 0 Å². The number of methoxy groups -OCH3 is 1. The van der Waals surface area contributed by atoms with Crippen molar-refractivity contribution in [3.8, 4) is 0 Å². The van der Waals surface area contributed by atoms with E-state index in [1.807, 2.05) is 6.07 Å². The highest BCUT2D eigenvalue weighted by Crippen LogP contribution is 2.23. The highest BCUT2D eigenvalue weighted by atomic mass is 127. The quantitative estimate of drug-likeness (QED) is 0.290. The largest absolute Gasteiger partial charge is 0.381 e. The Kier molecular flexibility index (Phi) is 9.87. The van der Waals surface area contributed by atoms with Crippen molar-refractivity contribution < 1.29 is 9.47 Å². The van der Waals surface area contributed by atoms with E-state index in [1.165, 1.54) is 0 Å². The van der Waals surface area contributed by atoms with Crippen LogP contribution in [0.15, 0.2) is 23.3 Å². The number of ether oxygens (including phenoxy) is 2. The first-order valence-electron chi connectivity index (χ1n) is 7.85. The fraction of sp³-hybridized carbons (Fsp3) is 0.625. The standard InChI is InChI=1S/C16H25ClN4O2.HI/c1-18-15(19-8-5-13-3-4-14(17)20-11-13)21-12-16(22-2)6-9-23-10-7-16;/h3-4,11H,5-10,12H2,1-2H3,(H2,18,19,21);1H. The second-order valence-corrected chi connectivity index (χ2v) is 5.98. The zero-order valence-corrected chi connectivity index (χ0v) is 17.3. The lowest BCUT2D eigenvalue weighted by Crippen LogP contribution is -2.51. The average Bonchev–Trinajstić information content (AvgIpc) is 2.60. The van der Waals surface area contributed by atoms with Crippen molar-refractivity contribution in [1.29, 1.82) is 0 Å². The molecule has 1 saturated heterocycles. The van der Waals surface area contributed by atoms with Gasteiger partial charge in [-0.25, -0.2) is 4.98 Å². The number of pyridine rings is 1. The molecule has 1 aliphatic rings. The summed E-state index contributed by atoms with van der Waals surface area (Å²) in [4.78, 5) is 8.33. The lowest BCUT2D eigenvalue weighted by Gasteiger charge is -2.36. The minimum atomic E-state index is -0.171. The van der Waals surface area contributed by atoms with Crippen molar-refractivity contribution in [2.45, 2.75) is 24.9 Å². The van der Waals surface area contributed by atoms with Gasteiger partial charge in [-0.1, -0.05) is 17.7 Å². The Morgan fingerprint density at radius 3 is 2.71 bits per heavy atom. The molecule has 24 heavy (non-hydrogen) atoms. The molecule has 136 valence electrons. The van der Waals surface area contributed by atoms with Gasteiger partial charge in [0.15, 0.2) is 5.96 Å². The molecule has 1 aliphatic heterocycles. The highest BCUT2D eigenvalue weighted by Gasteiger charge is 2.32. The summed E-state index contributed by atoms with van der Waals surface area (Å²) in [6.45, 7) is 2.97. The summed E-state index contributed by atoms with van der Waals surface area (Å²) >= 11 is 5.78. The van der Waals surface area contributed by atoms with Crippen LogP contribution in [0.5, 0.6) is 0 Å². The fourth-order valence-electron chi connectivity index (χ4n) is 2.54. The van der Waals surface area contributed by atoms with Crippen LogP contribution < -0.4 is 10.6 Å². The van der Waals surface area contributed by atoms with Crippen LogP contribution in [0.1, 0.15) is 18.4 Å². The molecular formula is C16H26ClIN4O2. The lowest BCUT2D eigenvalue weighted by atomic mass is 9.94. The first-order chi connectivity index (χ1) is 11.2. The summed E-state index contributed by atoms with van der Waals surface area (Å²) < 4.78 is 11.1. The van der Waals surface area contributed by atoms with E-state index < -0.39 is 0 Å². The Balaban J connectivity index is 0.00000288. The van der Waals surface area contributed by atoms with Gasteiger partial charge >= 0.3 is 0 Å². The third-order valence-electron chi connectivity index (χ3n) is 4.13. The topological polar surface area (TPSA) is 67.8 Å². The van der Waals surface area contributed by atoms with Gasteiger partial charge in [0.1, 0.15) is 5.15 Å². The molecule has 0 saturated carbocycles. The van der Waals surface area contributed by atoms with Crippen LogP contribution >= 0.6 is 35.6 Å². The first kappa shape index (κ1) is 21.4. The number of hydrogen-bond acceptors (Lipinski definition) is 4. The summed E-state index contributed by atoms with van der Waals surface area (Å²) in [5.74, 6) is 0.773. The van der Waals surface area contributed by atoms with E-state index in [-0.39, 0.29) is 29.6 Å². The van der Waals surface area contributed by atoms with Crippen molar-refractivity contribution in [3.63, 3.8) is 0 Å². The van der Waals surface area contributed by atoms with E-state index in [0.717, 1.165) is 57.1 Å². The van der Waals surface area contributed by atoms with Crippen molar-refractivity contribution in [2.75, 3.05) is 40.5 Å². The van der Waals surface area contributed by atoms with Gasteiger partial charge in [0.25, 0.3) is 0 Å². The van der Waals surface area contributed by atoms with Gasteiger partial charge < -0.3 is 20.1 Å². The summed E-state index contributed by atoms with van der Waals surface area (Å²) in [6.07, 6.45) is 4.43. The number of aromatic nitrogens is 1. The van der Waals surface area contributed by atoms with Gasteiger partial charge in [-0.2, -0.15) is 0 Å². The molecule has 1 aromatic heterocycles. The fourth-order valence-corrected chi connectivity index (χ4v) is 2.65. The maximum absolute atomic E-state index is 5.78. The van der Waals surface area contributed by atoms with Gasteiger partial charge in [-0.3, -0.25) is 4.99 Å². The monoisotopic (exact) mass is 468 g/mol. The highest BCUT2D eigenvalue weighted by molar-refractivity contribution is 14.0. The molecule has 0 aromatic carbocycles. The van der Waals surface area contributed by atoms with E-state index in [0.29, 0.717) is 5.15 Å². The Morgan fingerprint density at radius 2 is 2.12 bits per heavy atom. The molecule has 8 heteroatoms. The molecule has 0 amide bonds. The molecule has 0 bridgehead atoms. The van der Waals surface area contributed by atoms with Crippen LogP contribution in [0.25, 0.3) is 0 Å². The summed E-state index contributed by atoms with van der Waals surface area (Å²) in [5.41, 5.74) is 0.964. The van der Waals surface area contributed by atoms with Crippen molar-refractivity contribution in [2.24, 2.45) is 4.99 Å². The normalized spacial score (nSPS) is 17.0. The maximum atomic E-state index is 5.78. The second-order valence-electron chi connectivity index (χ2n) is 5.59. The van der Waals surface area contributed by atoms with E-state index >= 15 is 0 Å². The molecular weight excluding hydrogens is 443 g/mol. The third kappa shape index (κ3) is 6.70. The van der Waals surface area contributed by atoms with Gasteiger partial charge in [0.05, 0.1) is 5.60 Å². The maximum Gasteiger partial charge on any atom is 0.191 e. The van der Waals surface area contributed by atoms with Crippen molar-refractivity contribution >= 4 is 41.5 Å². The third-order valence-corrected chi connectivity index (χ3v) is 4.36. The Bertz CT molecular complexity index is 507. The Hall–Kier alpha value is -0.640. The molecule has 1 fully saturated rings. The minimum Gasteiger partial charge on any atom is -0.381 e. The summed E-state index contributed by atoms with van der Waals surface area (Å²) in [5, 5.41) is 7.17. The molecule has 0 unspecified atom stereocenters. The molecule has 2 N–H and O–H groups in total. The zero-order valence-electron chi connectivity index (χ0n) is 14.2. The predicted octanol–water partition coefficient (Wildman–Crippen LogP) is 2.26. The Labute approximate surface area is 165 Å². The SMILES string of the molecule is CN=C(NCCc1ccc(Cl)nc1)NCC1(OC)CCOCC1.I. The molecule has 0 atom stereocenters. The lowest BCUT2D eigenvalue weighted by molar-refractivity contribution is -0.0855. The number of nitrogens with one attached hydrogen (secondary N) is 2. The number of halogens is 2. The van der Waals surface area contributed by atoms with Gasteiger partial charge in [0, 0.05) is 59.5 Å². The van der Waals surface area contributed by atoms with E-state index in [4.69, 9.17) is 21.1 Å². The molecule has 0 spiro atoms. The van der Waals surface area contributed by atoms with Crippen LogP contribution in [-0.4, -0.2) is 57.0 Å². The second kappa shape index (κ2) is 11.1. The smallest absolute Gasteiger partial charge is 0.191 e. The summed E-state index contributed by atoms with van der Waals surface area (Å²) in [6, 6.07) is 3.78. The molecule has 2 heterocycles. The van der Waals surface area contributed by atoms with Crippen molar-refractivity contribution in [3.05, 3.63) is 29.0 Å². The number of rotatable bonds is 6. The molecule has 6 nitrogen and oxygen atoms in total. The van der Waals surface area contributed by atoms with Gasteiger partial charge in [-0.05, 0) is 18.1 Å². The minimum absolute atomic E-state index is 0. The van der Waals surface area contributed by atoms with Crippen LogP contribution in [0.3, 0.4) is 0 Å². The Morgan fingerprint density at radius 1 is 1.38 bits per heavy atom. The van der Waals surface area contributed by atoms with Crippen LogP contribution in [-0.2, 0) is 15.9 Å².